The Morgan fingerprint density at radius 1 is 0.974 bits per heavy atom. The normalized spacial score (nSPS) is 16.6. The van der Waals surface area contributed by atoms with E-state index < -0.39 is 59.6 Å². The van der Waals surface area contributed by atoms with Gasteiger partial charge in [0.15, 0.2) is 11.4 Å². The Kier molecular flexibility index (Phi) is 5.70. The Bertz CT molecular complexity index is 1560. The van der Waals surface area contributed by atoms with E-state index in [1.807, 2.05) is 0 Å². The molecule has 38 heavy (non-hydrogen) atoms. The molecule has 2 aliphatic rings. The predicted octanol–water partition coefficient (Wildman–Crippen LogP) is 3.44. The number of aromatic carboxylic acids is 1. The first kappa shape index (κ1) is 24.6. The number of hydrogen-bond acceptors (Lipinski definition) is 9. The predicted molar refractivity (Wildman–Crippen MR) is 126 cm³/mol. The third kappa shape index (κ3) is 3.59. The van der Waals surface area contributed by atoms with E-state index in [0.29, 0.717) is 5.56 Å². The van der Waals surface area contributed by atoms with Crippen LogP contribution in [0.25, 0.3) is 0 Å². The molecule has 2 aliphatic heterocycles. The van der Waals surface area contributed by atoms with Crippen LogP contribution < -0.4 is 4.74 Å². The number of aliphatic carboxylic acids is 1. The van der Waals surface area contributed by atoms with Crippen molar-refractivity contribution < 1.29 is 53.8 Å². The summed E-state index contributed by atoms with van der Waals surface area (Å²) in [6.45, 7) is 0.750. The standard InChI is InChI=1S/C27H20O11/c1-12(28)36-11-15-13(6-9-21(31)32)23-20(10-19(15)30)37-24-17(7-8-18(29)22(24)25(33)34)27(23)16-5-3-2-4-14(16)26(35)38-27/h2-5,7-8,10,29-30H,6,9,11H2,1H3,(H,31,32)(H,33,34). The first-order valence-electron chi connectivity index (χ1n) is 11.4. The van der Waals surface area contributed by atoms with E-state index in [-0.39, 0.29) is 45.7 Å². The number of carboxylic acid groups (broad SMARTS) is 2. The van der Waals surface area contributed by atoms with Gasteiger partial charge in [-0.2, -0.15) is 0 Å². The maximum Gasteiger partial charge on any atom is 0.343 e. The van der Waals surface area contributed by atoms with Gasteiger partial charge in [-0.25, -0.2) is 9.59 Å². The van der Waals surface area contributed by atoms with E-state index in [1.54, 1.807) is 18.2 Å². The van der Waals surface area contributed by atoms with Crippen LogP contribution in [0.2, 0.25) is 0 Å². The van der Waals surface area contributed by atoms with Gasteiger partial charge in [0.25, 0.3) is 0 Å². The highest BCUT2D eigenvalue weighted by Gasteiger charge is 2.56. The van der Waals surface area contributed by atoms with Crippen LogP contribution in [0.1, 0.15) is 61.9 Å². The number of carbonyl (C=O) groups excluding carboxylic acids is 2. The van der Waals surface area contributed by atoms with Crippen LogP contribution in [0.15, 0.2) is 42.5 Å². The molecule has 0 saturated carbocycles. The molecule has 11 heteroatoms. The van der Waals surface area contributed by atoms with E-state index in [2.05, 4.69) is 0 Å². The molecule has 0 fully saturated rings. The quantitative estimate of drug-likeness (QED) is 0.350. The molecule has 1 atom stereocenters. The Hall–Kier alpha value is -5.06. The summed E-state index contributed by atoms with van der Waals surface area (Å²) < 4.78 is 17.1. The Morgan fingerprint density at radius 3 is 2.39 bits per heavy atom. The minimum Gasteiger partial charge on any atom is -0.507 e. The zero-order valence-corrected chi connectivity index (χ0v) is 19.8. The van der Waals surface area contributed by atoms with Crippen molar-refractivity contribution in [1.29, 1.82) is 0 Å². The minimum absolute atomic E-state index is 0.0687. The van der Waals surface area contributed by atoms with Crippen molar-refractivity contribution in [1.82, 2.24) is 0 Å². The van der Waals surface area contributed by atoms with E-state index in [1.165, 1.54) is 19.1 Å². The van der Waals surface area contributed by atoms with Crippen molar-refractivity contribution in [2.45, 2.75) is 32.0 Å². The molecule has 0 saturated heterocycles. The average molecular weight is 520 g/mol. The summed E-state index contributed by atoms with van der Waals surface area (Å²) in [7, 11) is 0. The van der Waals surface area contributed by atoms with Gasteiger partial charge in [-0.1, -0.05) is 18.2 Å². The molecule has 3 aromatic carbocycles. The molecule has 0 bridgehead atoms. The number of ether oxygens (including phenoxy) is 3. The lowest BCUT2D eigenvalue weighted by atomic mass is 9.73. The van der Waals surface area contributed by atoms with Gasteiger partial charge in [-0.05, 0) is 30.2 Å². The van der Waals surface area contributed by atoms with Crippen LogP contribution in [0.5, 0.6) is 23.0 Å². The van der Waals surface area contributed by atoms with E-state index in [4.69, 9.17) is 14.2 Å². The largest absolute Gasteiger partial charge is 0.507 e. The number of aromatic hydroxyl groups is 2. The molecule has 11 nitrogen and oxygen atoms in total. The summed E-state index contributed by atoms with van der Waals surface area (Å²) in [6.07, 6.45) is -0.593. The summed E-state index contributed by atoms with van der Waals surface area (Å²) in [6, 6.07) is 10.0. The Labute approximate surface area is 214 Å². The number of carboxylic acids is 2. The second-order valence-corrected chi connectivity index (χ2v) is 8.76. The van der Waals surface area contributed by atoms with Gasteiger partial charge in [0.05, 0.1) is 11.1 Å². The third-order valence-electron chi connectivity index (χ3n) is 6.56. The van der Waals surface area contributed by atoms with Gasteiger partial charge in [0.1, 0.15) is 29.4 Å². The topological polar surface area (TPSA) is 177 Å². The van der Waals surface area contributed by atoms with Gasteiger partial charge in [-0.3, -0.25) is 9.59 Å². The van der Waals surface area contributed by atoms with Crippen LogP contribution in [0.3, 0.4) is 0 Å². The monoisotopic (exact) mass is 520 g/mol. The fourth-order valence-corrected chi connectivity index (χ4v) is 5.06. The van der Waals surface area contributed by atoms with Crippen molar-refractivity contribution in [2.24, 2.45) is 0 Å². The van der Waals surface area contributed by atoms with Crippen LogP contribution in [0, 0.1) is 0 Å². The lowest BCUT2D eigenvalue weighted by molar-refractivity contribution is -0.142. The maximum atomic E-state index is 13.1. The minimum atomic E-state index is -1.83. The molecule has 2 heterocycles. The highest BCUT2D eigenvalue weighted by molar-refractivity contribution is 5.99. The summed E-state index contributed by atoms with van der Waals surface area (Å²) in [4.78, 5) is 48.4. The smallest absolute Gasteiger partial charge is 0.343 e. The number of phenolic OH excluding ortho intramolecular Hbond substituents is 1. The molecule has 0 aliphatic carbocycles. The first-order valence-corrected chi connectivity index (χ1v) is 11.4. The van der Waals surface area contributed by atoms with Gasteiger partial charge < -0.3 is 34.6 Å². The van der Waals surface area contributed by atoms with Crippen LogP contribution in [0.4, 0.5) is 0 Å². The molecule has 3 aromatic rings. The van der Waals surface area contributed by atoms with Crippen molar-refractivity contribution in [2.75, 3.05) is 0 Å². The molecule has 0 aromatic heterocycles. The van der Waals surface area contributed by atoms with E-state index in [9.17, 15) is 39.6 Å². The second-order valence-electron chi connectivity index (χ2n) is 8.76. The number of fused-ring (bicyclic) bond motifs is 6. The molecule has 1 spiro atoms. The highest BCUT2D eigenvalue weighted by atomic mass is 16.6. The van der Waals surface area contributed by atoms with Crippen LogP contribution in [-0.4, -0.2) is 44.3 Å². The van der Waals surface area contributed by atoms with E-state index in [0.717, 1.165) is 12.1 Å². The number of hydrogen-bond donors (Lipinski definition) is 4. The second kappa shape index (κ2) is 8.80. The molecule has 4 N–H and O–H groups in total. The molecular formula is C27H20O11. The number of esters is 2. The van der Waals surface area contributed by atoms with Gasteiger partial charge >= 0.3 is 23.9 Å². The van der Waals surface area contributed by atoms with Crippen LogP contribution in [-0.2, 0) is 37.7 Å². The Balaban J connectivity index is 1.92. The number of phenols is 2. The fraction of sp³-hybridized carbons (Fsp3) is 0.185. The third-order valence-corrected chi connectivity index (χ3v) is 6.56. The summed E-state index contributed by atoms with van der Waals surface area (Å²) >= 11 is 0. The zero-order chi connectivity index (χ0) is 27.4. The molecule has 5 rings (SSSR count). The van der Waals surface area contributed by atoms with Crippen molar-refractivity contribution in [3.05, 3.63) is 81.4 Å². The maximum absolute atomic E-state index is 13.1. The zero-order valence-electron chi connectivity index (χ0n) is 19.8. The Morgan fingerprint density at radius 2 is 1.71 bits per heavy atom. The van der Waals surface area contributed by atoms with Gasteiger partial charge in [-0.15, -0.1) is 0 Å². The van der Waals surface area contributed by atoms with Gasteiger partial charge in [0, 0.05) is 36.1 Å². The summed E-state index contributed by atoms with van der Waals surface area (Å²) in [5.74, 6) is -5.52. The molecule has 1 unspecified atom stereocenters. The van der Waals surface area contributed by atoms with Gasteiger partial charge in [0.2, 0.25) is 0 Å². The average Bonchev–Trinajstić information content (AvgIpc) is 3.13. The van der Waals surface area contributed by atoms with Crippen LogP contribution >= 0.6 is 0 Å². The molecule has 0 radical (unpaired) electrons. The highest BCUT2D eigenvalue weighted by Crippen LogP contribution is 2.60. The summed E-state index contributed by atoms with van der Waals surface area (Å²) in [5.41, 5.74) is -1.46. The van der Waals surface area contributed by atoms with Crippen molar-refractivity contribution >= 4 is 23.9 Å². The lowest BCUT2D eigenvalue weighted by Crippen LogP contribution is -2.35. The van der Waals surface area contributed by atoms with Crippen molar-refractivity contribution in [3.8, 4) is 23.0 Å². The first-order chi connectivity index (χ1) is 18.1. The fourth-order valence-electron chi connectivity index (χ4n) is 5.06. The molecule has 194 valence electrons. The summed E-state index contributed by atoms with van der Waals surface area (Å²) in [5, 5.41) is 40.5. The van der Waals surface area contributed by atoms with Crippen molar-refractivity contribution in [3.63, 3.8) is 0 Å². The molecular weight excluding hydrogens is 500 g/mol. The SMILES string of the molecule is CC(=O)OCc1c(O)cc2c(c1CCC(=O)O)C1(OC(=O)c3ccccc31)c1ccc(O)c(C(=O)O)c1O2. The lowest BCUT2D eigenvalue weighted by Gasteiger charge is -2.39. The number of benzene rings is 3. The van der Waals surface area contributed by atoms with E-state index >= 15 is 0 Å². The number of carbonyl (C=O) groups is 4. The number of rotatable bonds is 6. The molecule has 0 amide bonds.